The van der Waals surface area contributed by atoms with Crippen LogP contribution in [0.5, 0.6) is 11.8 Å². The van der Waals surface area contributed by atoms with Crippen molar-refractivity contribution in [2.75, 3.05) is 18.9 Å². The molecule has 2 unspecified atom stereocenters. The smallest absolute Gasteiger partial charge is 0.266 e. The van der Waals surface area contributed by atoms with Crippen LogP contribution in [0.4, 0.5) is 5.95 Å². The molecule has 0 saturated heterocycles. The molecule has 1 fully saturated rings. The van der Waals surface area contributed by atoms with Gasteiger partial charge < -0.3 is 14.5 Å². The standard InChI is InChI=1S/C21H20N8O4S/c1-11-4-5-13-15(10-23-17(13)18(11)29-24-6-7-25-29)34(30,31)28-21-26-19(32-2)16(20(27-21)33-3)14-8-12(14)9-22/h4-7,10,12,14,23H,8H2,1-3H3,(H,26,27,28). The molecule has 1 aromatic carbocycles. The minimum Gasteiger partial charge on any atom is -0.481 e. The summed E-state index contributed by atoms with van der Waals surface area (Å²) in [5.41, 5.74) is 2.63. The van der Waals surface area contributed by atoms with E-state index in [1.165, 1.54) is 25.2 Å². The van der Waals surface area contributed by atoms with Crippen molar-refractivity contribution in [2.45, 2.75) is 24.2 Å². The number of hydrogen-bond donors (Lipinski definition) is 2. The van der Waals surface area contributed by atoms with Crippen molar-refractivity contribution in [3.63, 3.8) is 0 Å². The summed E-state index contributed by atoms with van der Waals surface area (Å²) in [5.74, 6) is -0.182. The van der Waals surface area contributed by atoms with Gasteiger partial charge >= 0.3 is 0 Å². The van der Waals surface area contributed by atoms with Crippen LogP contribution in [0.2, 0.25) is 0 Å². The van der Waals surface area contributed by atoms with Crippen LogP contribution < -0.4 is 14.2 Å². The molecule has 13 heteroatoms. The number of aromatic amines is 1. The predicted octanol–water partition coefficient (Wildman–Crippen LogP) is 2.29. The van der Waals surface area contributed by atoms with Crippen LogP contribution in [0.1, 0.15) is 23.5 Å². The van der Waals surface area contributed by atoms with Gasteiger partial charge in [-0.25, -0.2) is 13.1 Å². The molecule has 1 saturated carbocycles. The molecule has 0 spiro atoms. The summed E-state index contributed by atoms with van der Waals surface area (Å²) in [6, 6.07) is 5.71. The number of aryl methyl sites for hydroxylation is 1. The Hall–Kier alpha value is -4.18. The number of anilines is 1. The molecule has 1 aliphatic rings. The summed E-state index contributed by atoms with van der Waals surface area (Å²) in [7, 11) is -1.26. The van der Waals surface area contributed by atoms with Gasteiger partial charge in [0.25, 0.3) is 10.0 Å². The number of ether oxygens (including phenoxy) is 2. The van der Waals surface area contributed by atoms with E-state index in [0.29, 0.717) is 28.6 Å². The highest BCUT2D eigenvalue weighted by Gasteiger charge is 2.44. The van der Waals surface area contributed by atoms with Crippen molar-refractivity contribution in [3.8, 4) is 23.5 Å². The van der Waals surface area contributed by atoms with Crippen molar-refractivity contribution >= 4 is 26.9 Å². The van der Waals surface area contributed by atoms with Gasteiger partial charge in [0, 0.05) is 17.5 Å². The first kappa shape index (κ1) is 21.7. The highest BCUT2D eigenvalue weighted by Crippen LogP contribution is 2.52. The van der Waals surface area contributed by atoms with Crippen LogP contribution in [0.15, 0.2) is 35.6 Å². The fourth-order valence-corrected chi connectivity index (χ4v) is 5.12. The van der Waals surface area contributed by atoms with Crippen LogP contribution >= 0.6 is 0 Å². The zero-order valence-corrected chi connectivity index (χ0v) is 19.3. The van der Waals surface area contributed by atoms with E-state index in [1.54, 1.807) is 24.5 Å². The van der Waals surface area contributed by atoms with Crippen molar-refractivity contribution in [1.82, 2.24) is 29.9 Å². The summed E-state index contributed by atoms with van der Waals surface area (Å²) < 4.78 is 39.8. The number of aromatic nitrogens is 6. The Labute approximate surface area is 194 Å². The molecule has 3 aromatic heterocycles. The maximum atomic E-state index is 13.3. The Morgan fingerprint density at radius 3 is 2.44 bits per heavy atom. The molecule has 0 aliphatic heterocycles. The second kappa shape index (κ2) is 7.99. The molecule has 4 aromatic rings. The molecule has 5 rings (SSSR count). The van der Waals surface area contributed by atoms with Gasteiger partial charge in [0.05, 0.1) is 49.7 Å². The molecule has 2 atom stereocenters. The van der Waals surface area contributed by atoms with E-state index >= 15 is 0 Å². The van der Waals surface area contributed by atoms with E-state index < -0.39 is 10.0 Å². The molecule has 0 bridgehead atoms. The van der Waals surface area contributed by atoms with Gasteiger partial charge in [-0.2, -0.15) is 25.4 Å². The lowest BCUT2D eigenvalue weighted by Crippen LogP contribution is -2.16. The van der Waals surface area contributed by atoms with Crippen LogP contribution in [0, 0.1) is 24.2 Å². The average molecular weight is 481 g/mol. The fraction of sp³-hybridized carbons (Fsp3) is 0.286. The average Bonchev–Trinajstić information content (AvgIpc) is 3.18. The lowest BCUT2D eigenvalue weighted by molar-refractivity contribution is 0.363. The number of fused-ring (bicyclic) bond motifs is 1. The van der Waals surface area contributed by atoms with Crippen molar-refractivity contribution in [1.29, 1.82) is 5.26 Å². The fourth-order valence-electron chi connectivity index (χ4n) is 4.01. The first-order valence-electron chi connectivity index (χ1n) is 10.3. The van der Waals surface area contributed by atoms with E-state index in [0.717, 1.165) is 5.56 Å². The molecule has 174 valence electrons. The molecule has 2 N–H and O–H groups in total. The third kappa shape index (κ3) is 3.48. The molecule has 3 heterocycles. The summed E-state index contributed by atoms with van der Waals surface area (Å²) in [5, 5.41) is 18.0. The maximum absolute atomic E-state index is 13.3. The molecule has 1 aliphatic carbocycles. The van der Waals surface area contributed by atoms with Gasteiger partial charge in [0.15, 0.2) is 0 Å². The highest BCUT2D eigenvalue weighted by atomic mass is 32.2. The van der Waals surface area contributed by atoms with Gasteiger partial charge in [0.2, 0.25) is 17.7 Å². The molecule has 34 heavy (non-hydrogen) atoms. The molecular formula is C21H20N8O4S. The number of rotatable bonds is 7. The van der Waals surface area contributed by atoms with Gasteiger partial charge in [-0.3, -0.25) is 0 Å². The Morgan fingerprint density at radius 2 is 1.85 bits per heavy atom. The number of methoxy groups -OCH3 is 2. The second-order valence-electron chi connectivity index (χ2n) is 7.79. The van der Waals surface area contributed by atoms with Gasteiger partial charge in [-0.1, -0.05) is 12.1 Å². The summed E-state index contributed by atoms with van der Waals surface area (Å²) in [6.07, 6.45) is 5.12. The van der Waals surface area contributed by atoms with Crippen molar-refractivity contribution < 1.29 is 17.9 Å². The number of nitrogens with one attached hydrogen (secondary N) is 2. The first-order chi connectivity index (χ1) is 16.4. The summed E-state index contributed by atoms with van der Waals surface area (Å²) >= 11 is 0. The van der Waals surface area contributed by atoms with E-state index in [9.17, 15) is 13.7 Å². The second-order valence-corrected chi connectivity index (χ2v) is 9.44. The number of H-pyrrole nitrogens is 1. The minimum absolute atomic E-state index is 0.00764. The topological polar surface area (TPSA) is 161 Å². The molecule has 0 amide bonds. The molecule has 0 radical (unpaired) electrons. The monoisotopic (exact) mass is 480 g/mol. The first-order valence-corrected chi connectivity index (χ1v) is 11.8. The Morgan fingerprint density at radius 1 is 1.18 bits per heavy atom. The molecule has 12 nitrogen and oxygen atoms in total. The Bertz CT molecular complexity index is 1510. The number of nitriles is 1. The SMILES string of the molecule is COc1nc(NS(=O)(=O)c2c[nH]c3c(-n4nccn4)c(C)ccc23)nc(OC)c1C1CC1C#N. The molecular weight excluding hydrogens is 460 g/mol. The lowest BCUT2D eigenvalue weighted by Gasteiger charge is -2.13. The zero-order valence-electron chi connectivity index (χ0n) is 18.5. The van der Waals surface area contributed by atoms with Gasteiger partial charge in [-0.05, 0) is 18.9 Å². The number of hydrogen-bond acceptors (Lipinski definition) is 9. The normalized spacial score (nSPS) is 17.4. The van der Waals surface area contributed by atoms with Gasteiger partial charge in [-0.15, -0.1) is 4.80 Å². The van der Waals surface area contributed by atoms with Crippen LogP contribution in [-0.4, -0.2) is 52.6 Å². The van der Waals surface area contributed by atoms with E-state index in [-0.39, 0.29) is 34.4 Å². The van der Waals surface area contributed by atoms with E-state index in [4.69, 9.17) is 9.47 Å². The Kier molecular flexibility index (Phi) is 5.09. The minimum atomic E-state index is -4.10. The number of benzene rings is 1. The highest BCUT2D eigenvalue weighted by molar-refractivity contribution is 7.93. The van der Waals surface area contributed by atoms with Crippen molar-refractivity contribution in [3.05, 3.63) is 41.9 Å². The third-order valence-corrected chi connectivity index (χ3v) is 7.08. The Balaban J connectivity index is 1.55. The third-order valence-electron chi connectivity index (χ3n) is 5.72. The summed E-state index contributed by atoms with van der Waals surface area (Å²) in [4.78, 5) is 12.9. The number of nitrogens with zero attached hydrogens (tertiary/aromatic N) is 6. The zero-order chi connectivity index (χ0) is 24.0. The largest absolute Gasteiger partial charge is 0.481 e. The van der Waals surface area contributed by atoms with Crippen LogP contribution in [0.25, 0.3) is 16.6 Å². The predicted molar refractivity (Wildman–Crippen MR) is 120 cm³/mol. The van der Waals surface area contributed by atoms with Crippen molar-refractivity contribution in [2.24, 2.45) is 5.92 Å². The lowest BCUT2D eigenvalue weighted by atomic mass is 10.1. The quantitative estimate of drug-likeness (QED) is 0.404. The summed E-state index contributed by atoms with van der Waals surface area (Å²) in [6.45, 7) is 1.88. The van der Waals surface area contributed by atoms with E-state index in [2.05, 4.69) is 35.9 Å². The van der Waals surface area contributed by atoms with Gasteiger partial charge in [0.1, 0.15) is 10.6 Å². The maximum Gasteiger partial charge on any atom is 0.266 e. The van der Waals surface area contributed by atoms with E-state index in [1.807, 2.05) is 6.92 Å². The number of sulfonamides is 1. The van der Waals surface area contributed by atoms with Crippen LogP contribution in [0.3, 0.4) is 0 Å². The van der Waals surface area contributed by atoms with Crippen LogP contribution in [-0.2, 0) is 10.0 Å².